The third-order valence-electron chi connectivity index (χ3n) is 8.67. The average molecular weight is 656 g/mol. The first-order valence-corrected chi connectivity index (χ1v) is 16.7. The van der Waals surface area contributed by atoms with Crippen molar-refractivity contribution in [3.05, 3.63) is 94.8 Å². The van der Waals surface area contributed by atoms with Crippen LogP contribution in [0.3, 0.4) is 0 Å². The van der Waals surface area contributed by atoms with Crippen LogP contribution < -0.4 is 21.5 Å². The van der Waals surface area contributed by atoms with Crippen LogP contribution in [0.4, 0.5) is 10.5 Å². The van der Waals surface area contributed by atoms with Gasteiger partial charge in [0.15, 0.2) is 0 Å². The second-order valence-electron chi connectivity index (χ2n) is 12.1. The highest BCUT2D eigenvalue weighted by molar-refractivity contribution is 5.91. The summed E-state index contributed by atoms with van der Waals surface area (Å²) in [6, 6.07) is 23.7. The van der Waals surface area contributed by atoms with Crippen molar-refractivity contribution in [3.63, 3.8) is 0 Å². The molecular formula is C37H45N5O6. The van der Waals surface area contributed by atoms with Gasteiger partial charge in [-0.2, -0.15) is 0 Å². The van der Waals surface area contributed by atoms with Gasteiger partial charge in [0.2, 0.25) is 11.5 Å². The third-order valence-corrected chi connectivity index (χ3v) is 8.67. The van der Waals surface area contributed by atoms with Gasteiger partial charge in [0.05, 0.1) is 17.3 Å². The van der Waals surface area contributed by atoms with Crippen LogP contribution in [-0.2, 0) is 9.53 Å². The Morgan fingerprint density at radius 3 is 2.48 bits per heavy atom. The Labute approximate surface area is 280 Å². The number of hydrogen-bond donors (Lipinski definition) is 6. The maximum Gasteiger partial charge on any atom is 0.411 e. The first kappa shape index (κ1) is 34.6. The second-order valence-corrected chi connectivity index (χ2v) is 12.1. The maximum absolute atomic E-state index is 12.7. The largest absolute Gasteiger partial charge is 0.506 e. The first-order valence-electron chi connectivity index (χ1n) is 16.7. The molecule has 0 bridgehead atoms. The summed E-state index contributed by atoms with van der Waals surface area (Å²) < 4.78 is 5.72. The predicted octanol–water partition coefficient (Wildman–Crippen LogP) is 4.91. The van der Waals surface area contributed by atoms with Crippen molar-refractivity contribution in [1.82, 2.24) is 20.5 Å². The number of aromatic amines is 1. The molecule has 254 valence electrons. The highest BCUT2D eigenvalue weighted by Crippen LogP contribution is 2.29. The van der Waals surface area contributed by atoms with Gasteiger partial charge in [-0.15, -0.1) is 0 Å². The number of anilines is 1. The van der Waals surface area contributed by atoms with Crippen molar-refractivity contribution < 1.29 is 24.5 Å². The van der Waals surface area contributed by atoms with E-state index >= 15 is 0 Å². The Morgan fingerprint density at radius 1 is 0.917 bits per heavy atom. The van der Waals surface area contributed by atoms with Gasteiger partial charge >= 0.3 is 6.09 Å². The molecule has 48 heavy (non-hydrogen) atoms. The lowest BCUT2D eigenvalue weighted by atomic mass is 10.0. The van der Waals surface area contributed by atoms with Gasteiger partial charge in [0.1, 0.15) is 11.9 Å². The van der Waals surface area contributed by atoms with Gasteiger partial charge in [-0.25, -0.2) is 4.79 Å². The van der Waals surface area contributed by atoms with Crippen LogP contribution in [0, 0.1) is 0 Å². The molecule has 0 spiro atoms. The molecule has 11 heteroatoms. The Hall–Kier alpha value is -4.71. The molecule has 4 aromatic rings. The zero-order valence-corrected chi connectivity index (χ0v) is 27.1. The molecule has 0 aliphatic carbocycles. The van der Waals surface area contributed by atoms with E-state index in [4.69, 9.17) is 4.74 Å². The standard InChI is InChI=1S/C37H45N5O6/c43-32-15-13-29(30-14-16-35(46)41-36(30)32)33(44)25-38-20-7-2-8-21-39-34(45)19-24-42-22-17-27(18-23-42)48-37(47)40-31-12-6-5-11-28(31)26-9-3-1-4-10-26/h1,3-6,9-16,27,33,38,43-44H,2,7-8,17-25H2,(H,39,45)(H,40,47)(H,41,46)/t33-/m0/s1. The van der Waals surface area contributed by atoms with Crippen LogP contribution in [0.1, 0.15) is 50.2 Å². The van der Waals surface area contributed by atoms with Gasteiger partial charge in [-0.1, -0.05) is 61.0 Å². The number of piperidine rings is 1. The number of aromatic nitrogens is 1. The molecule has 1 aliphatic rings. The fourth-order valence-electron chi connectivity index (χ4n) is 6.03. The number of rotatable bonds is 15. The number of fused-ring (bicyclic) bond motifs is 1. The quantitative estimate of drug-likeness (QED) is 0.0987. The Balaban J connectivity index is 0.898. The molecule has 2 amide bonds. The second kappa shape index (κ2) is 17.4. The highest BCUT2D eigenvalue weighted by Gasteiger charge is 2.23. The van der Waals surface area contributed by atoms with Crippen molar-refractivity contribution in [1.29, 1.82) is 0 Å². The van der Waals surface area contributed by atoms with Gasteiger partial charge in [-0.05, 0) is 61.6 Å². The minimum absolute atomic E-state index is 0.0332. The SMILES string of the molecule is O=C(CCN1CCC(OC(=O)Nc2ccccc2-c2ccccc2)CC1)NCCCCCNC[C@H](O)c1ccc(O)c2[nH]c(=O)ccc12. The van der Waals surface area contributed by atoms with Gasteiger partial charge in [0.25, 0.3) is 0 Å². The maximum atomic E-state index is 12.7. The number of likely N-dealkylation sites (tertiary alicyclic amines) is 1. The Kier molecular flexibility index (Phi) is 12.6. The molecule has 0 unspecified atom stereocenters. The van der Waals surface area contributed by atoms with E-state index in [9.17, 15) is 24.6 Å². The van der Waals surface area contributed by atoms with Gasteiger partial charge < -0.3 is 35.5 Å². The number of aliphatic hydroxyl groups excluding tert-OH is 1. The number of nitrogens with zero attached hydrogens (tertiary/aromatic N) is 1. The number of benzene rings is 3. The van der Waals surface area contributed by atoms with E-state index in [0.29, 0.717) is 48.2 Å². The molecule has 6 N–H and O–H groups in total. The Bertz CT molecular complexity index is 1700. The summed E-state index contributed by atoms with van der Waals surface area (Å²) in [5.41, 5.74) is 3.32. The fourth-order valence-corrected chi connectivity index (χ4v) is 6.03. The lowest BCUT2D eigenvalue weighted by Gasteiger charge is -2.31. The fraction of sp³-hybridized carbons (Fsp3) is 0.378. The minimum atomic E-state index is -0.788. The van der Waals surface area contributed by atoms with Crippen LogP contribution in [0.25, 0.3) is 22.0 Å². The molecular weight excluding hydrogens is 610 g/mol. The topological polar surface area (TPSA) is 156 Å². The van der Waals surface area contributed by atoms with E-state index in [0.717, 1.165) is 62.9 Å². The van der Waals surface area contributed by atoms with E-state index in [2.05, 4.69) is 25.8 Å². The summed E-state index contributed by atoms with van der Waals surface area (Å²) >= 11 is 0. The lowest BCUT2D eigenvalue weighted by Crippen LogP contribution is -2.40. The summed E-state index contributed by atoms with van der Waals surface area (Å²) in [6.07, 6.45) is 3.20. The van der Waals surface area contributed by atoms with Crippen LogP contribution in [-0.4, -0.2) is 77.5 Å². The van der Waals surface area contributed by atoms with Crippen molar-refractivity contribution in [3.8, 4) is 16.9 Å². The van der Waals surface area contributed by atoms with Crippen LogP contribution in [0.15, 0.2) is 83.7 Å². The van der Waals surface area contributed by atoms with E-state index < -0.39 is 12.2 Å². The van der Waals surface area contributed by atoms with Gasteiger partial charge in [-0.3, -0.25) is 14.9 Å². The van der Waals surface area contributed by atoms with Crippen molar-refractivity contribution >= 4 is 28.6 Å². The predicted molar refractivity (Wildman–Crippen MR) is 187 cm³/mol. The molecule has 1 fully saturated rings. The number of unbranched alkanes of at least 4 members (excludes halogenated alkanes) is 2. The number of ether oxygens (including phenoxy) is 1. The molecule has 1 aliphatic heterocycles. The number of hydrogen-bond acceptors (Lipinski definition) is 8. The van der Waals surface area contributed by atoms with E-state index in [-0.39, 0.29) is 23.3 Å². The van der Waals surface area contributed by atoms with Crippen LogP contribution in [0.5, 0.6) is 5.75 Å². The first-order chi connectivity index (χ1) is 23.4. The number of carbonyl (C=O) groups excluding carboxylic acids is 2. The number of para-hydroxylation sites is 1. The van der Waals surface area contributed by atoms with Crippen molar-refractivity contribution in [2.24, 2.45) is 0 Å². The normalized spacial score (nSPS) is 14.4. The number of pyridine rings is 1. The van der Waals surface area contributed by atoms with E-state index in [1.54, 1.807) is 12.1 Å². The smallest absolute Gasteiger partial charge is 0.411 e. The zero-order valence-electron chi connectivity index (χ0n) is 27.1. The number of H-pyrrole nitrogens is 1. The molecule has 2 heterocycles. The average Bonchev–Trinajstić information content (AvgIpc) is 3.10. The summed E-state index contributed by atoms with van der Waals surface area (Å²) in [5, 5.41) is 30.5. The summed E-state index contributed by atoms with van der Waals surface area (Å²) in [4.78, 5) is 41.5. The molecule has 1 atom stereocenters. The number of carbonyl (C=O) groups is 2. The lowest BCUT2D eigenvalue weighted by molar-refractivity contribution is -0.121. The highest BCUT2D eigenvalue weighted by atomic mass is 16.6. The zero-order chi connectivity index (χ0) is 33.7. The van der Waals surface area contributed by atoms with Crippen LogP contribution >= 0.6 is 0 Å². The van der Waals surface area contributed by atoms with Crippen LogP contribution in [0.2, 0.25) is 0 Å². The monoisotopic (exact) mass is 655 g/mol. The molecule has 3 aromatic carbocycles. The number of amides is 2. The molecule has 0 radical (unpaired) electrons. The molecule has 1 saturated heterocycles. The molecule has 5 rings (SSSR count). The summed E-state index contributed by atoms with van der Waals surface area (Å²) in [7, 11) is 0. The van der Waals surface area contributed by atoms with Crippen molar-refractivity contribution in [2.45, 2.75) is 50.7 Å². The van der Waals surface area contributed by atoms with Crippen molar-refractivity contribution in [2.75, 3.05) is 44.6 Å². The number of aromatic hydroxyl groups is 1. The number of nitrogens with one attached hydrogen (secondary N) is 4. The number of aliphatic hydroxyl groups is 1. The summed E-state index contributed by atoms with van der Waals surface area (Å²) in [6.45, 7) is 3.91. The Morgan fingerprint density at radius 2 is 1.67 bits per heavy atom. The molecule has 11 nitrogen and oxygen atoms in total. The number of phenols is 1. The third kappa shape index (κ3) is 9.90. The van der Waals surface area contributed by atoms with Gasteiger partial charge in [0, 0.05) is 56.2 Å². The molecule has 1 aromatic heterocycles. The molecule has 0 saturated carbocycles. The minimum Gasteiger partial charge on any atom is -0.506 e. The van der Waals surface area contributed by atoms with E-state index in [1.165, 1.54) is 12.1 Å². The summed E-state index contributed by atoms with van der Waals surface area (Å²) in [5.74, 6) is 0.00245. The van der Waals surface area contributed by atoms with E-state index in [1.807, 2.05) is 54.6 Å². The number of phenolic OH excluding ortho intramolecular Hbond substituents is 1.